The maximum Gasteiger partial charge on any atom is 0.0254 e. The molecule has 0 saturated carbocycles. The van der Waals surface area contributed by atoms with Gasteiger partial charge in [0.05, 0.1) is 0 Å². The van der Waals surface area contributed by atoms with Crippen LogP contribution in [0.15, 0.2) is 89.4 Å². The summed E-state index contributed by atoms with van der Waals surface area (Å²) in [5.74, 6) is 0. The van der Waals surface area contributed by atoms with E-state index in [-0.39, 0.29) is 0 Å². The smallest absolute Gasteiger partial charge is 0.0254 e. The normalized spacial score (nSPS) is 14.5. The first-order chi connectivity index (χ1) is 13.8. The number of hydrogen-bond donors (Lipinski definition) is 0. The topological polar surface area (TPSA) is 0 Å². The van der Waals surface area contributed by atoms with Gasteiger partial charge in [-0.15, -0.1) is 0 Å². The molecule has 1 heteroatoms. The number of fused-ring (bicyclic) bond motifs is 2. The fourth-order valence-corrected chi connectivity index (χ4v) is 5.00. The Kier molecular flexibility index (Phi) is 3.48. The van der Waals surface area contributed by atoms with Crippen molar-refractivity contribution in [1.29, 1.82) is 0 Å². The van der Waals surface area contributed by atoms with Gasteiger partial charge in [-0.3, -0.25) is 0 Å². The summed E-state index contributed by atoms with van der Waals surface area (Å²) in [5, 5.41) is 7.89. The van der Waals surface area contributed by atoms with Crippen molar-refractivity contribution in [2.45, 2.75) is 6.42 Å². The van der Waals surface area contributed by atoms with Gasteiger partial charge in [0.25, 0.3) is 0 Å². The first-order valence-electron chi connectivity index (χ1n) is 9.60. The summed E-state index contributed by atoms with van der Waals surface area (Å²) in [6.45, 7) is 0. The average Bonchev–Trinajstić information content (AvgIpc) is 3.08. The van der Waals surface area contributed by atoms with Crippen molar-refractivity contribution in [3.05, 3.63) is 106 Å². The Balaban J connectivity index is 1.51. The lowest BCUT2D eigenvalue weighted by Crippen LogP contribution is -1.82. The van der Waals surface area contributed by atoms with E-state index < -0.39 is 0 Å². The zero-order chi connectivity index (χ0) is 18.7. The monoisotopic (exact) mass is 420 g/mol. The van der Waals surface area contributed by atoms with Crippen LogP contribution in [0.25, 0.3) is 44.0 Å². The van der Waals surface area contributed by atoms with Crippen molar-refractivity contribution in [1.82, 2.24) is 0 Å². The Labute approximate surface area is 172 Å². The molecule has 0 radical (unpaired) electrons. The standard InChI is InChI=1S/C27H17Br/c28-26-11-10-21-16-23(24-6-3-7-25(26)27(21)24)13-17-8-9-20-14-18-4-1-2-5-19(18)15-22(20)12-17/h1-15H,16H2/b23-13-. The third-order valence-electron chi connectivity index (χ3n) is 5.87. The van der Waals surface area contributed by atoms with E-state index in [9.17, 15) is 0 Å². The fourth-order valence-electron chi connectivity index (χ4n) is 4.54. The van der Waals surface area contributed by atoms with Crippen LogP contribution < -0.4 is 0 Å². The lowest BCUT2D eigenvalue weighted by Gasteiger charge is -2.06. The molecule has 0 heterocycles. The molecule has 6 rings (SSSR count). The SMILES string of the molecule is Brc1ccc2c3c(cccc13)/C(=C\c1ccc3cc4ccccc4cc3c1)C2. The summed E-state index contributed by atoms with van der Waals surface area (Å²) in [7, 11) is 0. The Hall–Kier alpha value is -2.90. The van der Waals surface area contributed by atoms with Gasteiger partial charge >= 0.3 is 0 Å². The van der Waals surface area contributed by atoms with Gasteiger partial charge in [0.1, 0.15) is 0 Å². The molecule has 0 aromatic heterocycles. The second-order valence-corrected chi connectivity index (χ2v) is 8.44. The molecule has 0 amide bonds. The maximum atomic E-state index is 3.71. The van der Waals surface area contributed by atoms with Gasteiger partial charge in [0, 0.05) is 4.47 Å². The number of halogens is 1. The van der Waals surface area contributed by atoms with Crippen molar-refractivity contribution >= 4 is 59.9 Å². The quantitative estimate of drug-likeness (QED) is 0.241. The summed E-state index contributed by atoms with van der Waals surface area (Å²) < 4.78 is 1.17. The average molecular weight is 421 g/mol. The Morgan fingerprint density at radius 2 is 1.46 bits per heavy atom. The van der Waals surface area contributed by atoms with Crippen LogP contribution in [0.5, 0.6) is 0 Å². The number of benzene rings is 5. The van der Waals surface area contributed by atoms with Crippen LogP contribution in [0.3, 0.4) is 0 Å². The van der Waals surface area contributed by atoms with E-state index in [2.05, 4.69) is 107 Å². The molecule has 0 bridgehead atoms. The highest BCUT2D eigenvalue weighted by molar-refractivity contribution is 9.10. The van der Waals surface area contributed by atoms with Gasteiger partial charge in [0.2, 0.25) is 0 Å². The second kappa shape index (κ2) is 6.05. The molecule has 5 aromatic carbocycles. The van der Waals surface area contributed by atoms with Crippen molar-refractivity contribution < 1.29 is 0 Å². The van der Waals surface area contributed by atoms with Crippen molar-refractivity contribution in [3.63, 3.8) is 0 Å². The Bertz CT molecular complexity index is 1440. The minimum atomic E-state index is 0.999. The summed E-state index contributed by atoms with van der Waals surface area (Å²) >= 11 is 3.71. The highest BCUT2D eigenvalue weighted by Gasteiger charge is 2.19. The molecule has 1 aliphatic carbocycles. The van der Waals surface area contributed by atoms with E-state index in [0.717, 1.165) is 6.42 Å². The van der Waals surface area contributed by atoms with Crippen LogP contribution >= 0.6 is 15.9 Å². The summed E-state index contributed by atoms with van der Waals surface area (Å²) in [5.41, 5.74) is 5.46. The minimum Gasteiger partial charge on any atom is -0.0616 e. The highest BCUT2D eigenvalue weighted by atomic mass is 79.9. The lowest BCUT2D eigenvalue weighted by atomic mass is 9.99. The predicted octanol–water partition coefficient (Wildman–Crippen LogP) is 8.01. The largest absolute Gasteiger partial charge is 0.0616 e. The van der Waals surface area contributed by atoms with Crippen LogP contribution in [0.2, 0.25) is 0 Å². The van der Waals surface area contributed by atoms with Gasteiger partial charge in [-0.1, -0.05) is 82.7 Å². The molecule has 0 nitrogen and oxygen atoms in total. The molecule has 0 spiro atoms. The minimum absolute atomic E-state index is 0.999. The Morgan fingerprint density at radius 3 is 2.32 bits per heavy atom. The number of hydrogen-bond acceptors (Lipinski definition) is 0. The van der Waals surface area contributed by atoms with Gasteiger partial charge in [0.15, 0.2) is 0 Å². The summed E-state index contributed by atoms with van der Waals surface area (Å²) in [4.78, 5) is 0. The first-order valence-corrected chi connectivity index (χ1v) is 10.4. The molecule has 0 N–H and O–H groups in total. The molecule has 132 valence electrons. The lowest BCUT2D eigenvalue weighted by molar-refractivity contribution is 1.38. The number of allylic oxidation sites excluding steroid dienone is 1. The third-order valence-corrected chi connectivity index (χ3v) is 6.56. The fraction of sp³-hybridized carbons (Fsp3) is 0.0370. The molecule has 1 aliphatic rings. The van der Waals surface area contributed by atoms with E-state index in [0.29, 0.717) is 0 Å². The van der Waals surface area contributed by atoms with Gasteiger partial charge in [-0.2, -0.15) is 0 Å². The third kappa shape index (κ3) is 2.43. The van der Waals surface area contributed by atoms with Crippen LogP contribution in [-0.2, 0) is 6.42 Å². The highest BCUT2D eigenvalue weighted by Crippen LogP contribution is 2.41. The molecule has 28 heavy (non-hydrogen) atoms. The molecule has 5 aromatic rings. The molecule has 0 saturated heterocycles. The zero-order valence-corrected chi connectivity index (χ0v) is 16.8. The Morgan fingerprint density at radius 1 is 0.679 bits per heavy atom. The van der Waals surface area contributed by atoms with Gasteiger partial charge < -0.3 is 0 Å². The van der Waals surface area contributed by atoms with Gasteiger partial charge in [-0.25, -0.2) is 0 Å². The second-order valence-electron chi connectivity index (χ2n) is 7.59. The summed E-state index contributed by atoms with van der Waals surface area (Å²) in [6, 6.07) is 31.0. The van der Waals surface area contributed by atoms with Crippen LogP contribution in [0.4, 0.5) is 0 Å². The van der Waals surface area contributed by atoms with Crippen LogP contribution in [-0.4, -0.2) is 0 Å². The van der Waals surface area contributed by atoms with E-state index in [1.807, 2.05) is 0 Å². The van der Waals surface area contributed by atoms with E-state index in [1.165, 1.54) is 59.1 Å². The molecule has 0 aliphatic heterocycles. The van der Waals surface area contributed by atoms with Crippen molar-refractivity contribution in [3.8, 4) is 0 Å². The summed E-state index contributed by atoms with van der Waals surface area (Å²) in [6.07, 6.45) is 3.36. The molecule has 0 unspecified atom stereocenters. The van der Waals surface area contributed by atoms with Crippen LogP contribution in [0.1, 0.15) is 16.7 Å². The molecular formula is C27H17Br. The van der Waals surface area contributed by atoms with Crippen molar-refractivity contribution in [2.75, 3.05) is 0 Å². The zero-order valence-electron chi connectivity index (χ0n) is 15.2. The first kappa shape index (κ1) is 16.1. The van der Waals surface area contributed by atoms with E-state index in [4.69, 9.17) is 0 Å². The molecule has 0 atom stereocenters. The van der Waals surface area contributed by atoms with Crippen molar-refractivity contribution in [2.24, 2.45) is 0 Å². The number of rotatable bonds is 1. The van der Waals surface area contributed by atoms with Gasteiger partial charge in [-0.05, 0) is 85.3 Å². The molecular weight excluding hydrogens is 404 g/mol. The maximum absolute atomic E-state index is 3.71. The van der Waals surface area contributed by atoms with E-state index >= 15 is 0 Å². The van der Waals surface area contributed by atoms with E-state index in [1.54, 1.807) is 0 Å². The molecule has 0 fully saturated rings. The predicted molar refractivity (Wildman–Crippen MR) is 125 cm³/mol. The van der Waals surface area contributed by atoms with Crippen LogP contribution in [0, 0.1) is 0 Å².